The third kappa shape index (κ3) is 2.44. The van der Waals surface area contributed by atoms with Crippen LogP contribution < -0.4 is 10.5 Å². The molecule has 0 heterocycles. The standard InChI is InChI=1S/C19H21NO/c20-18(19(12-13-19)15-4-2-1-3-5-15)14-6-8-16(9-7-14)21-17-10-11-17/h1-9,17-18H,10-13,20H2. The van der Waals surface area contributed by atoms with Crippen LogP contribution in [0.3, 0.4) is 0 Å². The molecular formula is C19H21NO. The van der Waals surface area contributed by atoms with Crippen molar-refractivity contribution < 1.29 is 4.74 Å². The SMILES string of the molecule is NC(c1ccc(OC2CC2)cc1)C1(c2ccccc2)CC1. The van der Waals surface area contributed by atoms with Gasteiger partial charge in [0.15, 0.2) is 0 Å². The molecular weight excluding hydrogens is 258 g/mol. The average Bonchev–Trinajstić information content (AvgIpc) is 3.43. The lowest BCUT2D eigenvalue weighted by Crippen LogP contribution is -2.26. The molecule has 1 atom stereocenters. The predicted octanol–water partition coefficient (Wildman–Crippen LogP) is 3.96. The van der Waals surface area contributed by atoms with Crippen LogP contribution >= 0.6 is 0 Å². The Morgan fingerprint density at radius 3 is 2.19 bits per heavy atom. The van der Waals surface area contributed by atoms with Gasteiger partial charge < -0.3 is 10.5 Å². The lowest BCUT2D eigenvalue weighted by molar-refractivity contribution is 0.303. The molecule has 4 rings (SSSR count). The van der Waals surface area contributed by atoms with E-state index in [1.165, 1.54) is 36.8 Å². The summed E-state index contributed by atoms with van der Waals surface area (Å²) in [5.41, 5.74) is 9.31. The molecule has 0 aromatic heterocycles. The van der Waals surface area contributed by atoms with E-state index in [-0.39, 0.29) is 11.5 Å². The number of hydrogen-bond acceptors (Lipinski definition) is 2. The summed E-state index contributed by atoms with van der Waals surface area (Å²) >= 11 is 0. The molecule has 2 N–H and O–H groups in total. The maximum atomic E-state index is 6.59. The zero-order valence-corrected chi connectivity index (χ0v) is 12.2. The molecule has 2 heteroatoms. The minimum absolute atomic E-state index is 0.0647. The van der Waals surface area contributed by atoms with Crippen LogP contribution in [-0.2, 0) is 5.41 Å². The highest BCUT2D eigenvalue weighted by Gasteiger charge is 2.49. The smallest absolute Gasteiger partial charge is 0.119 e. The summed E-state index contributed by atoms with van der Waals surface area (Å²) in [5.74, 6) is 0.970. The minimum Gasteiger partial charge on any atom is -0.490 e. The van der Waals surface area contributed by atoms with Gasteiger partial charge in [-0.05, 0) is 48.9 Å². The zero-order chi connectivity index (χ0) is 14.3. The summed E-state index contributed by atoms with van der Waals surface area (Å²) in [6.45, 7) is 0. The van der Waals surface area contributed by atoms with Gasteiger partial charge in [0.05, 0.1) is 6.10 Å². The fourth-order valence-electron chi connectivity index (χ4n) is 3.14. The van der Waals surface area contributed by atoms with Crippen molar-refractivity contribution in [3.8, 4) is 5.75 Å². The van der Waals surface area contributed by atoms with Crippen molar-refractivity contribution in [2.75, 3.05) is 0 Å². The molecule has 21 heavy (non-hydrogen) atoms. The van der Waals surface area contributed by atoms with Crippen molar-refractivity contribution >= 4 is 0 Å². The summed E-state index contributed by atoms with van der Waals surface area (Å²) in [6, 6.07) is 19.1. The highest BCUT2D eigenvalue weighted by molar-refractivity contribution is 5.39. The Hall–Kier alpha value is -1.80. The Balaban J connectivity index is 1.55. The van der Waals surface area contributed by atoms with E-state index in [2.05, 4.69) is 54.6 Å². The molecule has 0 saturated heterocycles. The Morgan fingerprint density at radius 1 is 0.952 bits per heavy atom. The molecule has 2 saturated carbocycles. The number of ether oxygens (including phenoxy) is 1. The second-order valence-electron chi connectivity index (χ2n) is 6.39. The van der Waals surface area contributed by atoms with Crippen LogP contribution in [0.25, 0.3) is 0 Å². The third-order valence-electron chi connectivity index (χ3n) is 4.80. The monoisotopic (exact) mass is 279 g/mol. The topological polar surface area (TPSA) is 35.2 Å². The van der Waals surface area contributed by atoms with Gasteiger partial charge in [0.1, 0.15) is 5.75 Å². The highest BCUT2D eigenvalue weighted by Crippen LogP contribution is 2.55. The van der Waals surface area contributed by atoms with Gasteiger partial charge in [0, 0.05) is 11.5 Å². The Labute approximate surface area is 125 Å². The van der Waals surface area contributed by atoms with Gasteiger partial charge in [-0.1, -0.05) is 42.5 Å². The Kier molecular flexibility index (Phi) is 3.00. The Bertz CT molecular complexity index is 612. The zero-order valence-electron chi connectivity index (χ0n) is 12.2. The van der Waals surface area contributed by atoms with Crippen LogP contribution in [0.4, 0.5) is 0 Å². The maximum Gasteiger partial charge on any atom is 0.119 e. The fourth-order valence-corrected chi connectivity index (χ4v) is 3.14. The number of hydrogen-bond donors (Lipinski definition) is 1. The minimum atomic E-state index is 0.0647. The van der Waals surface area contributed by atoms with Crippen LogP contribution in [0.1, 0.15) is 42.9 Å². The quantitative estimate of drug-likeness (QED) is 0.899. The van der Waals surface area contributed by atoms with Gasteiger partial charge in [0.25, 0.3) is 0 Å². The lowest BCUT2D eigenvalue weighted by atomic mass is 9.84. The second-order valence-corrected chi connectivity index (χ2v) is 6.39. The molecule has 2 fully saturated rings. The molecule has 0 bridgehead atoms. The van der Waals surface area contributed by atoms with E-state index < -0.39 is 0 Å². The predicted molar refractivity (Wildman–Crippen MR) is 84.4 cm³/mol. The van der Waals surface area contributed by atoms with E-state index in [0.717, 1.165) is 5.75 Å². The first-order valence-corrected chi connectivity index (χ1v) is 7.86. The summed E-state index contributed by atoms with van der Waals surface area (Å²) in [6.07, 6.45) is 5.19. The molecule has 2 aromatic rings. The Morgan fingerprint density at radius 2 is 1.62 bits per heavy atom. The number of benzene rings is 2. The van der Waals surface area contributed by atoms with E-state index in [1.54, 1.807) is 0 Å². The third-order valence-corrected chi connectivity index (χ3v) is 4.80. The summed E-state index contributed by atoms with van der Waals surface area (Å²) in [4.78, 5) is 0. The second kappa shape index (κ2) is 4.88. The molecule has 2 aliphatic carbocycles. The molecule has 0 aliphatic heterocycles. The molecule has 0 amide bonds. The van der Waals surface area contributed by atoms with E-state index in [9.17, 15) is 0 Å². The molecule has 0 spiro atoms. The van der Waals surface area contributed by atoms with Crippen LogP contribution in [0.2, 0.25) is 0 Å². The van der Waals surface area contributed by atoms with Crippen molar-refractivity contribution in [2.45, 2.75) is 43.2 Å². The summed E-state index contributed by atoms with van der Waals surface area (Å²) in [5, 5.41) is 0. The first-order valence-electron chi connectivity index (χ1n) is 7.86. The number of nitrogens with two attached hydrogens (primary N) is 1. The van der Waals surface area contributed by atoms with Crippen LogP contribution in [-0.4, -0.2) is 6.10 Å². The van der Waals surface area contributed by atoms with Gasteiger partial charge in [-0.15, -0.1) is 0 Å². The van der Waals surface area contributed by atoms with Crippen molar-refractivity contribution in [3.05, 3.63) is 65.7 Å². The van der Waals surface area contributed by atoms with E-state index in [4.69, 9.17) is 10.5 Å². The molecule has 108 valence electrons. The van der Waals surface area contributed by atoms with Crippen molar-refractivity contribution in [1.29, 1.82) is 0 Å². The molecule has 2 nitrogen and oxygen atoms in total. The van der Waals surface area contributed by atoms with Gasteiger partial charge >= 0.3 is 0 Å². The largest absolute Gasteiger partial charge is 0.490 e. The molecule has 1 unspecified atom stereocenters. The van der Waals surface area contributed by atoms with E-state index >= 15 is 0 Å². The van der Waals surface area contributed by atoms with Gasteiger partial charge in [-0.2, -0.15) is 0 Å². The summed E-state index contributed by atoms with van der Waals surface area (Å²) in [7, 11) is 0. The van der Waals surface area contributed by atoms with Gasteiger partial charge in [-0.3, -0.25) is 0 Å². The van der Waals surface area contributed by atoms with Gasteiger partial charge in [0.2, 0.25) is 0 Å². The molecule has 2 aliphatic rings. The number of rotatable bonds is 5. The first-order chi connectivity index (χ1) is 10.3. The van der Waals surface area contributed by atoms with Crippen LogP contribution in [0, 0.1) is 0 Å². The van der Waals surface area contributed by atoms with E-state index in [0.29, 0.717) is 6.10 Å². The normalized spacial score (nSPS) is 20.8. The fraction of sp³-hybridized carbons (Fsp3) is 0.368. The average molecular weight is 279 g/mol. The van der Waals surface area contributed by atoms with Crippen molar-refractivity contribution in [2.24, 2.45) is 5.73 Å². The molecule has 2 aromatic carbocycles. The lowest BCUT2D eigenvalue weighted by Gasteiger charge is -2.24. The first kappa shape index (κ1) is 12.9. The van der Waals surface area contributed by atoms with Gasteiger partial charge in [-0.25, -0.2) is 0 Å². The molecule has 0 radical (unpaired) electrons. The van der Waals surface area contributed by atoms with Crippen LogP contribution in [0.15, 0.2) is 54.6 Å². The van der Waals surface area contributed by atoms with E-state index in [1.807, 2.05) is 0 Å². The highest BCUT2D eigenvalue weighted by atomic mass is 16.5. The summed E-state index contributed by atoms with van der Waals surface area (Å²) < 4.78 is 5.81. The van der Waals surface area contributed by atoms with Crippen molar-refractivity contribution in [1.82, 2.24) is 0 Å². The van der Waals surface area contributed by atoms with Crippen molar-refractivity contribution in [3.63, 3.8) is 0 Å². The van der Waals surface area contributed by atoms with Crippen LogP contribution in [0.5, 0.6) is 5.75 Å². The maximum absolute atomic E-state index is 6.59.